The van der Waals surface area contributed by atoms with Crippen LogP contribution in [0.2, 0.25) is 0 Å². The number of benzene rings is 1. The van der Waals surface area contributed by atoms with E-state index >= 15 is 0 Å². The minimum absolute atomic E-state index is 0.0102. The summed E-state index contributed by atoms with van der Waals surface area (Å²) in [6, 6.07) is 6.50. The molecule has 0 bridgehead atoms. The Balaban J connectivity index is 2.04. The van der Waals surface area contributed by atoms with E-state index in [1.54, 1.807) is 24.3 Å². The number of likely N-dealkylation sites (N-methyl/N-ethyl adjacent to an activating group) is 1. The molecule has 1 aromatic rings. The second-order valence-corrected chi connectivity index (χ2v) is 6.80. The topological polar surface area (TPSA) is 69.7 Å². The number of hydrogen-bond acceptors (Lipinski definition) is 4. The highest BCUT2D eigenvalue weighted by Gasteiger charge is 2.20. The molecule has 1 aliphatic rings. The molecule has 1 N–H and O–H groups in total. The zero-order chi connectivity index (χ0) is 14.8. The lowest BCUT2D eigenvalue weighted by atomic mass is 10.1. The third-order valence-electron chi connectivity index (χ3n) is 3.23. The van der Waals surface area contributed by atoms with Crippen LogP contribution in [0.15, 0.2) is 24.3 Å². The summed E-state index contributed by atoms with van der Waals surface area (Å²) in [5.41, 5.74) is 1.04. The molecule has 110 valence electrons. The maximum atomic E-state index is 12.3. The van der Waals surface area contributed by atoms with Crippen LogP contribution in [0.1, 0.15) is 10.4 Å². The Bertz CT molecular complexity index is 575. The Morgan fingerprint density at radius 3 is 2.15 bits per heavy atom. The number of nitrogens with one attached hydrogen (secondary N) is 1. The molecule has 1 amide bonds. The fourth-order valence-electron chi connectivity index (χ4n) is 2.09. The Morgan fingerprint density at radius 1 is 1.10 bits per heavy atom. The summed E-state index contributed by atoms with van der Waals surface area (Å²) >= 11 is 0. The zero-order valence-corrected chi connectivity index (χ0v) is 12.5. The van der Waals surface area contributed by atoms with Crippen molar-refractivity contribution in [1.29, 1.82) is 0 Å². The van der Waals surface area contributed by atoms with Crippen LogP contribution in [0, 0.1) is 0 Å². The van der Waals surface area contributed by atoms with E-state index in [0.717, 1.165) is 32.4 Å². The maximum Gasteiger partial charge on any atom is 0.253 e. The van der Waals surface area contributed by atoms with Crippen molar-refractivity contribution in [3.8, 4) is 0 Å². The summed E-state index contributed by atoms with van der Waals surface area (Å²) in [5, 5.41) is 0. The number of hydrogen-bond donors (Lipinski definition) is 1. The van der Waals surface area contributed by atoms with Gasteiger partial charge in [-0.25, -0.2) is 8.42 Å². The molecule has 0 saturated carbocycles. The van der Waals surface area contributed by atoms with Crippen LogP contribution in [0.5, 0.6) is 0 Å². The van der Waals surface area contributed by atoms with Gasteiger partial charge in [-0.3, -0.25) is 9.52 Å². The van der Waals surface area contributed by atoms with Crippen molar-refractivity contribution in [3.05, 3.63) is 29.8 Å². The summed E-state index contributed by atoms with van der Waals surface area (Å²) in [4.78, 5) is 16.3. The predicted octanol–water partition coefficient (Wildman–Crippen LogP) is 0.446. The number of carbonyl (C=O) groups excluding carboxylic acids is 1. The predicted molar refractivity (Wildman–Crippen MR) is 78.3 cm³/mol. The molecule has 0 aromatic heterocycles. The number of rotatable bonds is 3. The Kier molecular flexibility index (Phi) is 4.29. The van der Waals surface area contributed by atoms with Crippen molar-refractivity contribution in [1.82, 2.24) is 9.80 Å². The van der Waals surface area contributed by atoms with Gasteiger partial charge in [0.25, 0.3) is 5.91 Å². The lowest BCUT2D eigenvalue weighted by Gasteiger charge is -2.32. The first-order chi connectivity index (χ1) is 9.35. The van der Waals surface area contributed by atoms with E-state index in [9.17, 15) is 13.2 Å². The zero-order valence-electron chi connectivity index (χ0n) is 11.7. The quantitative estimate of drug-likeness (QED) is 0.879. The molecular formula is C13H19N3O3S. The van der Waals surface area contributed by atoms with E-state index in [4.69, 9.17) is 0 Å². The molecule has 1 saturated heterocycles. The minimum Gasteiger partial charge on any atom is -0.336 e. The average molecular weight is 297 g/mol. The first kappa shape index (κ1) is 14.8. The molecular weight excluding hydrogens is 278 g/mol. The van der Waals surface area contributed by atoms with Crippen molar-refractivity contribution < 1.29 is 13.2 Å². The van der Waals surface area contributed by atoms with Crippen molar-refractivity contribution in [2.24, 2.45) is 0 Å². The molecule has 1 aromatic carbocycles. The lowest BCUT2D eigenvalue weighted by molar-refractivity contribution is 0.0664. The fourth-order valence-corrected chi connectivity index (χ4v) is 2.65. The van der Waals surface area contributed by atoms with Crippen LogP contribution in [0.25, 0.3) is 0 Å². The molecule has 1 aliphatic heterocycles. The number of anilines is 1. The molecule has 1 fully saturated rings. The SMILES string of the molecule is CN1CCN(C(=O)c2ccc(NS(C)(=O)=O)cc2)CC1. The first-order valence-corrected chi connectivity index (χ1v) is 8.30. The number of carbonyl (C=O) groups is 1. The second kappa shape index (κ2) is 5.80. The molecule has 6 nitrogen and oxygen atoms in total. The van der Waals surface area contributed by atoms with Gasteiger partial charge in [0, 0.05) is 37.4 Å². The van der Waals surface area contributed by atoms with Gasteiger partial charge in [0.15, 0.2) is 0 Å². The van der Waals surface area contributed by atoms with E-state index in [2.05, 4.69) is 9.62 Å². The van der Waals surface area contributed by atoms with Crippen molar-refractivity contribution in [2.75, 3.05) is 44.2 Å². The van der Waals surface area contributed by atoms with E-state index in [1.165, 1.54) is 0 Å². The summed E-state index contributed by atoms with van der Waals surface area (Å²) in [5.74, 6) is -0.0102. The van der Waals surface area contributed by atoms with E-state index in [-0.39, 0.29) is 5.91 Å². The van der Waals surface area contributed by atoms with Crippen LogP contribution in [0.4, 0.5) is 5.69 Å². The highest BCUT2D eigenvalue weighted by molar-refractivity contribution is 7.92. The van der Waals surface area contributed by atoms with Crippen LogP contribution < -0.4 is 4.72 Å². The highest BCUT2D eigenvalue weighted by atomic mass is 32.2. The molecule has 0 spiro atoms. The number of sulfonamides is 1. The number of nitrogens with zero attached hydrogens (tertiary/aromatic N) is 2. The summed E-state index contributed by atoms with van der Waals surface area (Å²) < 4.78 is 24.6. The van der Waals surface area contributed by atoms with Crippen molar-refractivity contribution in [3.63, 3.8) is 0 Å². The largest absolute Gasteiger partial charge is 0.336 e. The first-order valence-electron chi connectivity index (χ1n) is 6.41. The third-order valence-corrected chi connectivity index (χ3v) is 3.83. The molecule has 1 heterocycles. The minimum atomic E-state index is -3.29. The van der Waals surface area contributed by atoms with E-state index in [1.807, 2.05) is 11.9 Å². The molecule has 7 heteroatoms. The Morgan fingerprint density at radius 2 is 1.65 bits per heavy atom. The van der Waals surface area contributed by atoms with Gasteiger partial charge in [0.2, 0.25) is 10.0 Å². The van der Waals surface area contributed by atoms with E-state index in [0.29, 0.717) is 11.3 Å². The molecule has 20 heavy (non-hydrogen) atoms. The number of amides is 1. The van der Waals surface area contributed by atoms with Gasteiger partial charge in [-0.1, -0.05) is 0 Å². The van der Waals surface area contributed by atoms with Gasteiger partial charge >= 0.3 is 0 Å². The van der Waals surface area contributed by atoms with Gasteiger partial charge in [0.05, 0.1) is 6.26 Å². The Hall–Kier alpha value is -1.60. The van der Waals surface area contributed by atoms with Crippen LogP contribution in [-0.4, -0.2) is 63.6 Å². The third kappa shape index (κ3) is 3.94. The fraction of sp³-hybridized carbons (Fsp3) is 0.462. The van der Waals surface area contributed by atoms with Crippen molar-refractivity contribution in [2.45, 2.75) is 0 Å². The van der Waals surface area contributed by atoms with Crippen molar-refractivity contribution >= 4 is 21.6 Å². The van der Waals surface area contributed by atoms with Crippen LogP contribution in [-0.2, 0) is 10.0 Å². The molecule has 0 radical (unpaired) electrons. The van der Waals surface area contributed by atoms with Gasteiger partial charge in [-0.05, 0) is 31.3 Å². The monoisotopic (exact) mass is 297 g/mol. The summed E-state index contributed by atoms with van der Waals surface area (Å²) in [6.07, 6.45) is 1.09. The van der Waals surface area contributed by atoms with Gasteiger partial charge < -0.3 is 9.80 Å². The van der Waals surface area contributed by atoms with Gasteiger partial charge in [-0.2, -0.15) is 0 Å². The van der Waals surface area contributed by atoms with E-state index < -0.39 is 10.0 Å². The van der Waals surface area contributed by atoms with Crippen LogP contribution >= 0.6 is 0 Å². The maximum absolute atomic E-state index is 12.3. The smallest absolute Gasteiger partial charge is 0.253 e. The standard InChI is InChI=1S/C13H19N3O3S/c1-15-7-9-16(10-8-15)13(17)11-3-5-12(6-4-11)14-20(2,18)19/h3-6,14H,7-10H2,1-2H3. The summed E-state index contributed by atoms with van der Waals surface area (Å²) in [6.45, 7) is 3.19. The molecule has 2 rings (SSSR count). The van der Waals surface area contributed by atoms with Gasteiger partial charge in [0.1, 0.15) is 0 Å². The summed E-state index contributed by atoms with van der Waals surface area (Å²) in [7, 11) is -1.25. The lowest BCUT2D eigenvalue weighted by Crippen LogP contribution is -2.47. The highest BCUT2D eigenvalue weighted by Crippen LogP contribution is 2.13. The Labute approximate surface area is 119 Å². The molecule has 0 atom stereocenters. The molecule has 0 unspecified atom stereocenters. The molecule has 0 aliphatic carbocycles. The van der Waals surface area contributed by atoms with Gasteiger partial charge in [-0.15, -0.1) is 0 Å². The second-order valence-electron chi connectivity index (χ2n) is 5.05. The average Bonchev–Trinajstić information content (AvgIpc) is 2.38. The number of piperazine rings is 1. The van der Waals surface area contributed by atoms with Crippen LogP contribution in [0.3, 0.4) is 0 Å². The normalized spacial score (nSPS) is 17.0.